The SMILES string of the molecule is CCOCCOc1cccc(NC(=O)CNc2cccc(OCCOC)c2)c1. The Morgan fingerprint density at radius 1 is 0.893 bits per heavy atom. The van der Waals surface area contributed by atoms with Gasteiger partial charge in [-0.3, -0.25) is 4.79 Å². The molecule has 2 rings (SSSR count). The molecule has 28 heavy (non-hydrogen) atoms. The van der Waals surface area contributed by atoms with E-state index in [4.69, 9.17) is 18.9 Å². The molecule has 0 aliphatic carbocycles. The Kier molecular flexibility index (Phi) is 9.68. The van der Waals surface area contributed by atoms with Crippen molar-refractivity contribution >= 4 is 17.3 Å². The first-order valence-corrected chi connectivity index (χ1v) is 9.27. The van der Waals surface area contributed by atoms with Crippen LogP contribution in [0, 0.1) is 0 Å². The quantitative estimate of drug-likeness (QED) is 0.513. The van der Waals surface area contributed by atoms with Crippen molar-refractivity contribution in [3.63, 3.8) is 0 Å². The molecule has 2 aromatic carbocycles. The third kappa shape index (κ3) is 8.28. The Morgan fingerprint density at radius 2 is 1.54 bits per heavy atom. The van der Waals surface area contributed by atoms with Crippen molar-refractivity contribution in [2.24, 2.45) is 0 Å². The number of hydrogen-bond acceptors (Lipinski definition) is 6. The molecule has 0 unspecified atom stereocenters. The molecular weight excluding hydrogens is 360 g/mol. The van der Waals surface area contributed by atoms with Crippen molar-refractivity contribution in [1.29, 1.82) is 0 Å². The van der Waals surface area contributed by atoms with Gasteiger partial charge >= 0.3 is 0 Å². The summed E-state index contributed by atoms with van der Waals surface area (Å²) in [5, 5.41) is 5.94. The molecule has 0 heterocycles. The van der Waals surface area contributed by atoms with Gasteiger partial charge in [-0.15, -0.1) is 0 Å². The Hall–Kier alpha value is -2.77. The van der Waals surface area contributed by atoms with Gasteiger partial charge in [0.15, 0.2) is 0 Å². The minimum atomic E-state index is -0.155. The lowest BCUT2D eigenvalue weighted by Crippen LogP contribution is -2.21. The van der Waals surface area contributed by atoms with Crippen molar-refractivity contribution in [3.8, 4) is 11.5 Å². The van der Waals surface area contributed by atoms with Crippen molar-refractivity contribution in [1.82, 2.24) is 0 Å². The number of amides is 1. The average Bonchev–Trinajstić information content (AvgIpc) is 2.71. The largest absolute Gasteiger partial charge is 0.491 e. The second kappa shape index (κ2) is 12.6. The van der Waals surface area contributed by atoms with Crippen LogP contribution in [0.1, 0.15) is 6.92 Å². The van der Waals surface area contributed by atoms with Crippen LogP contribution in [-0.2, 0) is 14.3 Å². The fraction of sp³-hybridized carbons (Fsp3) is 0.381. The summed E-state index contributed by atoms with van der Waals surface area (Å²) in [7, 11) is 1.63. The number of carbonyl (C=O) groups is 1. The van der Waals surface area contributed by atoms with Crippen LogP contribution < -0.4 is 20.1 Å². The predicted molar refractivity (Wildman–Crippen MR) is 109 cm³/mol. The molecule has 152 valence electrons. The maximum absolute atomic E-state index is 12.2. The molecule has 0 aromatic heterocycles. The van der Waals surface area contributed by atoms with Crippen LogP contribution in [0.15, 0.2) is 48.5 Å². The lowest BCUT2D eigenvalue weighted by atomic mass is 10.3. The van der Waals surface area contributed by atoms with E-state index in [0.717, 1.165) is 11.4 Å². The first kappa shape index (κ1) is 21.5. The summed E-state index contributed by atoms with van der Waals surface area (Å²) in [6, 6.07) is 14.7. The minimum absolute atomic E-state index is 0.136. The fourth-order valence-electron chi connectivity index (χ4n) is 2.35. The number of benzene rings is 2. The van der Waals surface area contributed by atoms with E-state index in [2.05, 4.69) is 10.6 Å². The summed E-state index contributed by atoms with van der Waals surface area (Å²) in [6.45, 7) is 4.74. The first-order chi connectivity index (χ1) is 13.7. The molecule has 0 radical (unpaired) electrons. The molecule has 0 aliphatic rings. The van der Waals surface area contributed by atoms with Gasteiger partial charge in [0, 0.05) is 37.2 Å². The summed E-state index contributed by atoms with van der Waals surface area (Å²) in [5.41, 5.74) is 1.48. The number of rotatable bonds is 13. The lowest BCUT2D eigenvalue weighted by molar-refractivity contribution is -0.114. The highest BCUT2D eigenvalue weighted by Crippen LogP contribution is 2.18. The Balaban J connectivity index is 1.78. The summed E-state index contributed by atoms with van der Waals surface area (Å²) < 4.78 is 21.4. The number of anilines is 2. The highest BCUT2D eigenvalue weighted by Gasteiger charge is 2.05. The summed E-state index contributed by atoms with van der Waals surface area (Å²) in [4.78, 5) is 12.2. The van der Waals surface area contributed by atoms with E-state index >= 15 is 0 Å². The van der Waals surface area contributed by atoms with Crippen LogP contribution in [0.4, 0.5) is 11.4 Å². The zero-order chi connectivity index (χ0) is 20.0. The van der Waals surface area contributed by atoms with Crippen molar-refractivity contribution < 1.29 is 23.7 Å². The van der Waals surface area contributed by atoms with Gasteiger partial charge in [0.2, 0.25) is 5.91 Å². The molecule has 7 heteroatoms. The van der Waals surface area contributed by atoms with E-state index in [-0.39, 0.29) is 12.5 Å². The zero-order valence-electron chi connectivity index (χ0n) is 16.4. The summed E-state index contributed by atoms with van der Waals surface area (Å²) in [6.07, 6.45) is 0. The van der Waals surface area contributed by atoms with E-state index in [0.29, 0.717) is 44.5 Å². The maximum Gasteiger partial charge on any atom is 0.243 e. The molecule has 0 spiro atoms. The van der Waals surface area contributed by atoms with E-state index in [1.165, 1.54) is 0 Å². The molecule has 7 nitrogen and oxygen atoms in total. The number of carbonyl (C=O) groups excluding carboxylic acids is 1. The molecular formula is C21H28N2O5. The third-order valence-corrected chi connectivity index (χ3v) is 3.66. The number of ether oxygens (including phenoxy) is 4. The van der Waals surface area contributed by atoms with Gasteiger partial charge in [-0.2, -0.15) is 0 Å². The monoisotopic (exact) mass is 388 g/mol. The smallest absolute Gasteiger partial charge is 0.243 e. The standard InChI is InChI=1S/C21H28N2O5/c1-3-26-11-13-28-20-9-5-7-18(15-20)23-21(24)16-22-17-6-4-8-19(14-17)27-12-10-25-2/h4-9,14-15,22H,3,10-13,16H2,1-2H3,(H,23,24). The molecule has 0 fully saturated rings. The Morgan fingerprint density at radius 3 is 2.21 bits per heavy atom. The molecule has 0 bridgehead atoms. The van der Waals surface area contributed by atoms with E-state index in [9.17, 15) is 4.79 Å². The van der Waals surface area contributed by atoms with Crippen LogP contribution >= 0.6 is 0 Å². The fourth-order valence-corrected chi connectivity index (χ4v) is 2.35. The number of hydrogen-bond donors (Lipinski definition) is 2. The highest BCUT2D eigenvalue weighted by atomic mass is 16.5. The highest BCUT2D eigenvalue weighted by molar-refractivity contribution is 5.93. The van der Waals surface area contributed by atoms with E-state index < -0.39 is 0 Å². The van der Waals surface area contributed by atoms with Crippen LogP contribution in [-0.4, -0.2) is 52.6 Å². The Labute approximate surface area is 165 Å². The zero-order valence-corrected chi connectivity index (χ0v) is 16.4. The molecule has 1 amide bonds. The number of methoxy groups -OCH3 is 1. The second-order valence-electron chi connectivity index (χ2n) is 5.84. The topological polar surface area (TPSA) is 78.1 Å². The molecule has 0 atom stereocenters. The molecule has 2 aromatic rings. The van der Waals surface area contributed by atoms with Gasteiger partial charge in [0.05, 0.1) is 19.8 Å². The van der Waals surface area contributed by atoms with Crippen molar-refractivity contribution in [2.45, 2.75) is 6.92 Å². The molecule has 0 saturated heterocycles. The minimum Gasteiger partial charge on any atom is -0.491 e. The van der Waals surface area contributed by atoms with Gasteiger partial charge in [-0.05, 0) is 31.2 Å². The Bertz CT molecular complexity index is 723. The van der Waals surface area contributed by atoms with Gasteiger partial charge in [-0.1, -0.05) is 12.1 Å². The van der Waals surface area contributed by atoms with Crippen molar-refractivity contribution in [2.75, 3.05) is 57.3 Å². The van der Waals surface area contributed by atoms with E-state index in [1.807, 2.05) is 49.4 Å². The molecule has 0 saturated carbocycles. The maximum atomic E-state index is 12.2. The van der Waals surface area contributed by atoms with Gasteiger partial charge in [-0.25, -0.2) is 0 Å². The summed E-state index contributed by atoms with van der Waals surface area (Å²) >= 11 is 0. The molecule has 0 aliphatic heterocycles. The lowest BCUT2D eigenvalue weighted by Gasteiger charge is -2.11. The molecule has 2 N–H and O–H groups in total. The van der Waals surface area contributed by atoms with Crippen molar-refractivity contribution in [3.05, 3.63) is 48.5 Å². The first-order valence-electron chi connectivity index (χ1n) is 9.27. The van der Waals surface area contributed by atoms with E-state index in [1.54, 1.807) is 13.2 Å². The summed E-state index contributed by atoms with van der Waals surface area (Å²) in [5.74, 6) is 1.25. The van der Waals surface area contributed by atoms with Gasteiger partial charge in [0.1, 0.15) is 24.7 Å². The normalized spacial score (nSPS) is 10.4. The van der Waals surface area contributed by atoms with Crippen LogP contribution in [0.3, 0.4) is 0 Å². The second-order valence-corrected chi connectivity index (χ2v) is 5.84. The third-order valence-electron chi connectivity index (χ3n) is 3.66. The predicted octanol–water partition coefficient (Wildman–Crippen LogP) is 3.18. The van der Waals surface area contributed by atoms with Crippen LogP contribution in [0.2, 0.25) is 0 Å². The van der Waals surface area contributed by atoms with Crippen LogP contribution in [0.5, 0.6) is 11.5 Å². The average molecular weight is 388 g/mol. The van der Waals surface area contributed by atoms with Gasteiger partial charge < -0.3 is 29.6 Å². The number of nitrogens with one attached hydrogen (secondary N) is 2. The van der Waals surface area contributed by atoms with Gasteiger partial charge in [0.25, 0.3) is 0 Å². The van der Waals surface area contributed by atoms with Crippen LogP contribution in [0.25, 0.3) is 0 Å².